The molecule has 0 saturated carbocycles. The molecule has 0 fully saturated rings. The molecule has 0 spiro atoms. The number of amides is 1. The summed E-state index contributed by atoms with van der Waals surface area (Å²) >= 11 is 0. The monoisotopic (exact) mass is 443 g/mol. The molecule has 1 atom stereocenters. The van der Waals surface area contributed by atoms with Gasteiger partial charge in [-0.2, -0.15) is 5.10 Å². The van der Waals surface area contributed by atoms with Crippen molar-refractivity contribution in [1.82, 2.24) is 25.1 Å². The van der Waals surface area contributed by atoms with Gasteiger partial charge in [0.15, 0.2) is 0 Å². The van der Waals surface area contributed by atoms with Crippen LogP contribution in [0.4, 0.5) is 4.39 Å². The van der Waals surface area contributed by atoms with Crippen LogP contribution in [-0.2, 0) is 9.84 Å². The summed E-state index contributed by atoms with van der Waals surface area (Å²) in [5.41, 5.74) is 1.79. The molecule has 0 saturated heterocycles. The zero-order valence-electron chi connectivity index (χ0n) is 16.6. The second-order valence-electron chi connectivity index (χ2n) is 6.90. The molecule has 1 amide bonds. The highest BCUT2D eigenvalue weighted by molar-refractivity contribution is 7.90. The SMILES string of the molecule is CCC(NC(=O)c1cncc2c1cnn2-c1ccc(F)cc1)c1coc(S(C)(=O)=O)n1. The first-order chi connectivity index (χ1) is 14.8. The van der Waals surface area contributed by atoms with E-state index < -0.39 is 27.0 Å². The Morgan fingerprint density at radius 2 is 1.97 bits per heavy atom. The first kappa shape index (κ1) is 20.7. The van der Waals surface area contributed by atoms with Gasteiger partial charge in [-0.25, -0.2) is 22.5 Å². The Kier molecular flexibility index (Phi) is 5.27. The van der Waals surface area contributed by atoms with Gasteiger partial charge in [0.1, 0.15) is 17.8 Å². The average molecular weight is 443 g/mol. The van der Waals surface area contributed by atoms with E-state index in [2.05, 4.69) is 20.4 Å². The van der Waals surface area contributed by atoms with Crippen LogP contribution in [0.15, 0.2) is 58.8 Å². The minimum Gasteiger partial charge on any atom is -0.436 e. The summed E-state index contributed by atoms with van der Waals surface area (Å²) in [5, 5.41) is 7.29. The zero-order chi connectivity index (χ0) is 22.2. The van der Waals surface area contributed by atoms with Crippen LogP contribution in [0.5, 0.6) is 0 Å². The van der Waals surface area contributed by atoms with Crippen LogP contribution in [-0.4, -0.2) is 40.3 Å². The molecule has 0 radical (unpaired) electrons. The molecule has 31 heavy (non-hydrogen) atoms. The normalized spacial score (nSPS) is 12.7. The number of nitrogens with one attached hydrogen (secondary N) is 1. The number of rotatable bonds is 6. The van der Waals surface area contributed by atoms with Gasteiger partial charge in [0.25, 0.3) is 5.91 Å². The maximum Gasteiger partial charge on any atom is 0.314 e. The van der Waals surface area contributed by atoms with Crippen molar-refractivity contribution in [3.8, 4) is 5.69 Å². The van der Waals surface area contributed by atoms with Crippen LogP contribution in [0.2, 0.25) is 0 Å². The Balaban J connectivity index is 1.64. The molecule has 160 valence electrons. The number of pyridine rings is 1. The fraction of sp³-hybridized carbons (Fsp3) is 0.200. The number of oxazole rings is 1. The molecule has 3 aromatic heterocycles. The predicted molar refractivity (Wildman–Crippen MR) is 109 cm³/mol. The van der Waals surface area contributed by atoms with Gasteiger partial charge in [-0.3, -0.25) is 9.78 Å². The first-order valence-corrected chi connectivity index (χ1v) is 11.2. The van der Waals surface area contributed by atoms with Crippen molar-refractivity contribution in [2.75, 3.05) is 6.26 Å². The summed E-state index contributed by atoms with van der Waals surface area (Å²) < 4.78 is 43.0. The van der Waals surface area contributed by atoms with Gasteiger partial charge in [0.2, 0.25) is 9.84 Å². The Labute approximate surface area is 176 Å². The number of halogens is 1. The maximum atomic E-state index is 13.2. The summed E-state index contributed by atoms with van der Waals surface area (Å²) in [4.78, 5) is 21.1. The van der Waals surface area contributed by atoms with Crippen molar-refractivity contribution < 1.29 is 22.0 Å². The lowest BCUT2D eigenvalue weighted by Gasteiger charge is -2.14. The van der Waals surface area contributed by atoms with Gasteiger partial charge in [-0.15, -0.1) is 0 Å². The Morgan fingerprint density at radius 1 is 1.23 bits per heavy atom. The van der Waals surface area contributed by atoms with Crippen molar-refractivity contribution in [3.05, 3.63) is 66.2 Å². The number of carbonyl (C=O) groups is 1. The van der Waals surface area contributed by atoms with Crippen molar-refractivity contribution >= 4 is 26.6 Å². The highest BCUT2D eigenvalue weighted by atomic mass is 32.2. The van der Waals surface area contributed by atoms with Gasteiger partial charge >= 0.3 is 5.22 Å². The molecule has 4 rings (SSSR count). The summed E-state index contributed by atoms with van der Waals surface area (Å²) in [6.07, 6.45) is 7.19. The molecule has 1 N–H and O–H groups in total. The molecule has 1 unspecified atom stereocenters. The fourth-order valence-corrected chi connectivity index (χ4v) is 3.63. The first-order valence-electron chi connectivity index (χ1n) is 9.32. The van der Waals surface area contributed by atoms with E-state index in [1.165, 1.54) is 30.8 Å². The predicted octanol–water partition coefficient (Wildman–Crippen LogP) is 2.83. The highest BCUT2D eigenvalue weighted by Crippen LogP contribution is 2.23. The van der Waals surface area contributed by atoms with Gasteiger partial charge in [-0.05, 0) is 30.7 Å². The van der Waals surface area contributed by atoms with Gasteiger partial charge in [-0.1, -0.05) is 6.92 Å². The van der Waals surface area contributed by atoms with E-state index in [1.807, 2.05) is 6.92 Å². The number of benzene rings is 1. The smallest absolute Gasteiger partial charge is 0.314 e. The topological polar surface area (TPSA) is 120 Å². The molecule has 1 aromatic carbocycles. The molecule has 9 nitrogen and oxygen atoms in total. The van der Waals surface area contributed by atoms with Crippen molar-refractivity contribution in [3.63, 3.8) is 0 Å². The average Bonchev–Trinajstić information content (AvgIpc) is 3.39. The van der Waals surface area contributed by atoms with Crippen LogP contribution in [0.25, 0.3) is 16.6 Å². The van der Waals surface area contributed by atoms with Gasteiger partial charge in [0, 0.05) is 17.8 Å². The van der Waals surface area contributed by atoms with Crippen LogP contribution < -0.4 is 5.32 Å². The molecule has 0 aliphatic heterocycles. The number of aromatic nitrogens is 4. The molecule has 11 heteroatoms. The van der Waals surface area contributed by atoms with Crippen molar-refractivity contribution in [1.29, 1.82) is 0 Å². The highest BCUT2D eigenvalue weighted by Gasteiger charge is 2.23. The summed E-state index contributed by atoms with van der Waals surface area (Å²) in [6.45, 7) is 1.82. The molecular weight excluding hydrogens is 425 g/mol. The number of carbonyl (C=O) groups excluding carboxylic acids is 1. The van der Waals surface area contributed by atoms with Crippen LogP contribution in [0.1, 0.15) is 35.4 Å². The number of hydrogen-bond acceptors (Lipinski definition) is 7. The Bertz CT molecular complexity index is 1360. The van der Waals surface area contributed by atoms with E-state index in [0.29, 0.717) is 28.7 Å². The lowest BCUT2D eigenvalue weighted by atomic mass is 10.1. The zero-order valence-corrected chi connectivity index (χ0v) is 17.4. The number of sulfone groups is 1. The molecule has 0 aliphatic rings. The summed E-state index contributed by atoms with van der Waals surface area (Å²) in [6, 6.07) is 5.23. The fourth-order valence-electron chi connectivity index (χ4n) is 3.13. The van der Waals surface area contributed by atoms with Crippen LogP contribution >= 0.6 is 0 Å². The third-order valence-corrected chi connectivity index (χ3v) is 5.52. The van der Waals surface area contributed by atoms with Crippen LogP contribution in [0, 0.1) is 5.82 Å². The van der Waals surface area contributed by atoms with E-state index >= 15 is 0 Å². The van der Waals surface area contributed by atoms with E-state index in [-0.39, 0.29) is 11.4 Å². The third kappa shape index (κ3) is 4.04. The minimum atomic E-state index is -3.59. The Morgan fingerprint density at radius 3 is 2.61 bits per heavy atom. The molecule has 0 bridgehead atoms. The number of hydrogen-bond donors (Lipinski definition) is 1. The van der Waals surface area contributed by atoms with Gasteiger partial charge in [0.05, 0.1) is 35.2 Å². The second kappa shape index (κ2) is 7.91. The van der Waals surface area contributed by atoms with E-state index in [0.717, 1.165) is 6.26 Å². The molecule has 3 heterocycles. The quantitative estimate of drug-likeness (QED) is 0.486. The molecule has 0 aliphatic carbocycles. The van der Waals surface area contributed by atoms with Crippen molar-refractivity contribution in [2.24, 2.45) is 0 Å². The Hall–Kier alpha value is -3.60. The van der Waals surface area contributed by atoms with E-state index in [4.69, 9.17) is 4.42 Å². The van der Waals surface area contributed by atoms with Gasteiger partial charge < -0.3 is 9.73 Å². The van der Waals surface area contributed by atoms with E-state index in [1.54, 1.807) is 23.0 Å². The summed E-state index contributed by atoms with van der Waals surface area (Å²) in [5.74, 6) is -0.789. The van der Waals surface area contributed by atoms with E-state index in [9.17, 15) is 17.6 Å². The van der Waals surface area contributed by atoms with Crippen molar-refractivity contribution in [2.45, 2.75) is 24.6 Å². The number of fused-ring (bicyclic) bond motifs is 1. The number of nitrogens with zero attached hydrogens (tertiary/aromatic N) is 4. The minimum absolute atomic E-state index is 0.288. The molecular formula is C20H18FN5O4S. The summed E-state index contributed by atoms with van der Waals surface area (Å²) in [7, 11) is -3.59. The second-order valence-corrected chi connectivity index (χ2v) is 8.79. The lowest BCUT2D eigenvalue weighted by Crippen LogP contribution is -2.28. The maximum absolute atomic E-state index is 13.2. The third-order valence-electron chi connectivity index (χ3n) is 4.70. The standard InChI is InChI=1S/C20H18FN5O4S/c1-3-16(17-11-30-20(25-17)31(2,28)29)24-19(27)15-8-22-10-18-14(15)9-23-26(18)13-6-4-12(21)5-7-13/h4-11,16H,3H2,1-2H3,(H,24,27). The largest absolute Gasteiger partial charge is 0.436 e. The molecule has 4 aromatic rings. The van der Waals surface area contributed by atoms with Crippen LogP contribution in [0.3, 0.4) is 0 Å². The lowest BCUT2D eigenvalue weighted by molar-refractivity contribution is 0.0936.